The van der Waals surface area contributed by atoms with Crippen LogP contribution in [0.3, 0.4) is 0 Å². The van der Waals surface area contributed by atoms with Gasteiger partial charge in [-0.2, -0.15) is 4.98 Å². The van der Waals surface area contributed by atoms with Gasteiger partial charge >= 0.3 is 0 Å². The summed E-state index contributed by atoms with van der Waals surface area (Å²) in [4.78, 5) is 27.7. The van der Waals surface area contributed by atoms with Crippen molar-refractivity contribution in [1.29, 1.82) is 0 Å². The van der Waals surface area contributed by atoms with Crippen molar-refractivity contribution < 1.29 is 8.78 Å². The number of rotatable bonds is 14. The zero-order chi connectivity index (χ0) is 35.2. The summed E-state index contributed by atoms with van der Waals surface area (Å²) in [6.07, 6.45) is 8.43. The van der Waals surface area contributed by atoms with E-state index in [0.717, 1.165) is 83.9 Å². The molecule has 0 bridgehead atoms. The number of alkyl halides is 1. The second-order valence-electron chi connectivity index (χ2n) is 13.9. The highest BCUT2D eigenvalue weighted by molar-refractivity contribution is 7.98. The van der Waals surface area contributed by atoms with Gasteiger partial charge < -0.3 is 14.0 Å². The lowest BCUT2D eigenvalue weighted by atomic mass is 10.0. The highest BCUT2D eigenvalue weighted by Crippen LogP contribution is 2.28. The van der Waals surface area contributed by atoms with Crippen molar-refractivity contribution in [3.8, 4) is 11.1 Å². The van der Waals surface area contributed by atoms with E-state index in [4.69, 9.17) is 4.98 Å². The van der Waals surface area contributed by atoms with Gasteiger partial charge in [-0.15, -0.1) is 0 Å². The molecule has 0 amide bonds. The summed E-state index contributed by atoms with van der Waals surface area (Å²) >= 11 is 1.51. The third-order valence-corrected chi connectivity index (χ3v) is 11.3. The molecule has 1 saturated heterocycles. The number of hydrogen-bond donors (Lipinski definition) is 0. The Morgan fingerprint density at radius 1 is 0.804 bits per heavy atom. The van der Waals surface area contributed by atoms with Crippen molar-refractivity contribution in [2.45, 2.75) is 75.7 Å². The smallest absolute Gasteiger partial charge is 0.277 e. The number of piperidine rings is 1. The van der Waals surface area contributed by atoms with Crippen LogP contribution in [0.15, 0.2) is 88.9 Å². The molecule has 1 aliphatic carbocycles. The number of aromatic nitrogens is 4. The van der Waals surface area contributed by atoms with E-state index in [-0.39, 0.29) is 11.4 Å². The molecule has 0 atom stereocenters. The van der Waals surface area contributed by atoms with Gasteiger partial charge in [0.2, 0.25) is 0 Å². The van der Waals surface area contributed by atoms with Gasteiger partial charge in [0.05, 0.1) is 12.2 Å². The maximum Gasteiger partial charge on any atom is 0.277 e. The van der Waals surface area contributed by atoms with E-state index in [1.807, 2.05) is 30.5 Å². The van der Waals surface area contributed by atoms with Gasteiger partial charge in [-0.1, -0.05) is 78.8 Å². The van der Waals surface area contributed by atoms with Gasteiger partial charge in [-0.05, 0) is 92.2 Å². The Kier molecular flexibility index (Phi) is 11.4. The molecule has 0 spiro atoms. The van der Waals surface area contributed by atoms with Gasteiger partial charge in [0.25, 0.3) is 5.56 Å². The molecule has 1 fully saturated rings. The predicted octanol–water partition coefficient (Wildman–Crippen LogP) is 7.51. The van der Waals surface area contributed by atoms with Gasteiger partial charge in [0.1, 0.15) is 18.3 Å². The molecule has 3 aromatic carbocycles. The van der Waals surface area contributed by atoms with Crippen LogP contribution in [-0.4, -0.2) is 62.1 Å². The number of likely N-dealkylation sites (N-methyl/N-ethyl adjacent to an activating group) is 1. The zero-order valence-electron chi connectivity index (χ0n) is 29.4. The molecule has 3 heterocycles. The van der Waals surface area contributed by atoms with Crippen LogP contribution in [0.5, 0.6) is 0 Å². The third-order valence-electron chi connectivity index (χ3n) is 10.2. The van der Waals surface area contributed by atoms with E-state index in [1.54, 1.807) is 12.1 Å². The minimum atomic E-state index is -0.463. The van der Waals surface area contributed by atoms with Crippen molar-refractivity contribution in [3.63, 3.8) is 0 Å². The molecule has 0 N–H and O–H groups in total. The second kappa shape index (κ2) is 16.5. The predicted molar refractivity (Wildman–Crippen MR) is 200 cm³/mol. The minimum Gasteiger partial charge on any atom is -0.325 e. The third kappa shape index (κ3) is 8.68. The molecule has 10 heteroatoms. The molecule has 7 nitrogen and oxygen atoms in total. The fourth-order valence-corrected chi connectivity index (χ4v) is 8.22. The van der Waals surface area contributed by atoms with Crippen LogP contribution >= 0.6 is 11.8 Å². The molecule has 0 unspecified atom stereocenters. The lowest BCUT2D eigenvalue weighted by Crippen LogP contribution is -2.36. The van der Waals surface area contributed by atoms with Gasteiger partial charge in [0.15, 0.2) is 5.16 Å². The molecule has 5 aromatic rings. The van der Waals surface area contributed by atoms with Crippen LogP contribution in [0.2, 0.25) is 0 Å². The summed E-state index contributed by atoms with van der Waals surface area (Å²) < 4.78 is 31.2. The highest BCUT2D eigenvalue weighted by atomic mass is 32.2. The Labute approximate surface area is 303 Å². The first-order valence-electron chi connectivity index (χ1n) is 18.1. The fraction of sp³-hybridized carbons (Fsp3) is 0.390. The van der Waals surface area contributed by atoms with Crippen LogP contribution < -0.4 is 5.56 Å². The first-order chi connectivity index (χ1) is 24.9. The molecule has 51 heavy (non-hydrogen) atoms. The Hall–Kier alpha value is -4.12. The SMILES string of the molecule is CN(CCN1CCCCC1)Cc1cnc(Cn2c(SCc3ccc(F)cc3)nc(=O)c3c2CCC3)n1Cc1ccc(-c2ccc(CF)cc2)cc1. The number of hydrogen-bond acceptors (Lipinski definition) is 6. The fourth-order valence-electron chi connectivity index (χ4n) is 7.25. The lowest BCUT2D eigenvalue weighted by Gasteiger charge is -2.28. The number of nitrogens with zero attached hydrogens (tertiary/aromatic N) is 6. The van der Waals surface area contributed by atoms with E-state index < -0.39 is 6.67 Å². The van der Waals surface area contributed by atoms with Crippen molar-refractivity contribution in [2.24, 2.45) is 0 Å². The summed E-state index contributed by atoms with van der Waals surface area (Å²) in [5.74, 6) is 1.23. The summed E-state index contributed by atoms with van der Waals surface area (Å²) in [5, 5.41) is 0.669. The quantitative estimate of drug-likeness (QED) is 0.0880. The van der Waals surface area contributed by atoms with Crippen LogP contribution in [-0.2, 0) is 44.9 Å². The molecule has 2 aromatic heterocycles. The number of benzene rings is 3. The summed E-state index contributed by atoms with van der Waals surface area (Å²) in [5.41, 5.74) is 7.82. The Morgan fingerprint density at radius 2 is 1.49 bits per heavy atom. The lowest BCUT2D eigenvalue weighted by molar-refractivity contribution is 0.192. The number of halogens is 2. The van der Waals surface area contributed by atoms with E-state index >= 15 is 0 Å². The van der Waals surface area contributed by atoms with Gasteiger partial charge in [-0.25, -0.2) is 13.8 Å². The highest BCUT2D eigenvalue weighted by Gasteiger charge is 2.24. The Balaban J connectivity index is 1.17. The number of imidazole rings is 1. The second-order valence-corrected chi connectivity index (χ2v) is 14.8. The van der Waals surface area contributed by atoms with Crippen molar-refractivity contribution >= 4 is 11.8 Å². The largest absolute Gasteiger partial charge is 0.325 e. The normalized spacial score (nSPS) is 14.7. The van der Waals surface area contributed by atoms with Crippen molar-refractivity contribution in [2.75, 3.05) is 33.2 Å². The van der Waals surface area contributed by atoms with Gasteiger partial charge in [0, 0.05) is 49.4 Å². The molecule has 0 saturated carbocycles. The van der Waals surface area contributed by atoms with E-state index in [1.165, 1.54) is 56.2 Å². The standard InChI is InChI=1S/C41H46F2N6OS/c1-46(22-23-47-20-3-2-4-21-47)27-36-25-44-39(48(36)26-31-10-16-34(17-11-31)33-14-8-30(24-42)9-15-33)28-49-38-7-5-6-37(38)40(50)45-41(49)51-29-32-12-18-35(43)19-13-32/h8-19,25H,2-7,20-24,26-29H2,1H3. The van der Waals surface area contributed by atoms with E-state index in [0.29, 0.717) is 29.6 Å². The van der Waals surface area contributed by atoms with Crippen LogP contribution in [0.25, 0.3) is 11.1 Å². The maximum atomic E-state index is 13.6. The summed E-state index contributed by atoms with van der Waals surface area (Å²) in [6.45, 7) is 5.88. The molecular formula is C41H46F2N6OS. The van der Waals surface area contributed by atoms with Gasteiger partial charge in [-0.3, -0.25) is 9.69 Å². The first-order valence-corrected chi connectivity index (χ1v) is 19.1. The van der Waals surface area contributed by atoms with Crippen molar-refractivity contribution in [1.82, 2.24) is 28.9 Å². The Morgan fingerprint density at radius 3 is 2.20 bits per heavy atom. The number of thioether (sulfide) groups is 1. The van der Waals surface area contributed by atoms with Crippen LogP contribution in [0.1, 0.15) is 65.1 Å². The zero-order valence-corrected chi connectivity index (χ0v) is 30.2. The summed E-state index contributed by atoms with van der Waals surface area (Å²) in [7, 11) is 2.19. The number of likely N-dealkylation sites (tertiary alicyclic amines) is 1. The summed E-state index contributed by atoms with van der Waals surface area (Å²) in [6, 6.07) is 22.7. The van der Waals surface area contributed by atoms with Crippen LogP contribution in [0, 0.1) is 5.82 Å². The molecule has 2 aliphatic rings. The average molecular weight is 709 g/mol. The minimum absolute atomic E-state index is 0.140. The molecule has 7 rings (SSSR count). The topological polar surface area (TPSA) is 59.2 Å². The molecular weight excluding hydrogens is 663 g/mol. The first kappa shape index (κ1) is 35.3. The monoisotopic (exact) mass is 708 g/mol. The molecule has 1 aliphatic heterocycles. The van der Waals surface area contributed by atoms with Crippen LogP contribution in [0.4, 0.5) is 8.78 Å². The molecule has 266 valence electrons. The maximum absolute atomic E-state index is 13.6. The van der Waals surface area contributed by atoms with E-state index in [9.17, 15) is 13.6 Å². The Bertz CT molecular complexity index is 1970. The van der Waals surface area contributed by atoms with Crippen molar-refractivity contribution in [3.05, 3.63) is 135 Å². The molecule has 0 radical (unpaired) electrons. The number of fused-ring (bicyclic) bond motifs is 1. The van der Waals surface area contributed by atoms with E-state index in [2.05, 4.69) is 55.2 Å². The average Bonchev–Trinajstić information content (AvgIpc) is 3.80.